The van der Waals surface area contributed by atoms with Crippen molar-refractivity contribution in [2.45, 2.75) is 24.0 Å². The van der Waals surface area contributed by atoms with E-state index < -0.39 is 5.25 Å². The van der Waals surface area contributed by atoms with E-state index in [4.69, 9.17) is 0 Å². The highest BCUT2D eigenvalue weighted by Crippen LogP contribution is 2.37. The lowest BCUT2D eigenvalue weighted by atomic mass is 10.1. The van der Waals surface area contributed by atoms with Crippen molar-refractivity contribution in [2.24, 2.45) is 0 Å². The van der Waals surface area contributed by atoms with Gasteiger partial charge in [0.15, 0.2) is 0 Å². The molecule has 1 unspecified atom stereocenters. The minimum absolute atomic E-state index is 0.151. The first-order valence-electron chi connectivity index (χ1n) is 9.68. The predicted octanol–water partition coefficient (Wildman–Crippen LogP) is 5.08. The zero-order chi connectivity index (χ0) is 22.2. The molecular formula is C24H23N3O3S. The largest absolute Gasteiger partial charge is 0.326 e. The average molecular weight is 434 g/mol. The molecule has 0 aliphatic carbocycles. The van der Waals surface area contributed by atoms with Gasteiger partial charge in [0.05, 0.1) is 0 Å². The normalized spacial score (nSPS) is 11.3. The first-order chi connectivity index (χ1) is 14.9. The number of rotatable bonds is 7. The summed E-state index contributed by atoms with van der Waals surface area (Å²) >= 11 is 1.40. The number of hydrogen-bond donors (Lipinski definition) is 3. The molecule has 158 valence electrons. The minimum Gasteiger partial charge on any atom is -0.326 e. The molecule has 0 heterocycles. The molecule has 0 fully saturated rings. The third-order valence-corrected chi connectivity index (χ3v) is 5.47. The average Bonchev–Trinajstić information content (AvgIpc) is 2.73. The second-order valence-electron chi connectivity index (χ2n) is 6.87. The molecule has 3 rings (SSSR count). The van der Waals surface area contributed by atoms with Gasteiger partial charge in [-0.3, -0.25) is 14.4 Å². The summed E-state index contributed by atoms with van der Waals surface area (Å²) in [4.78, 5) is 36.6. The van der Waals surface area contributed by atoms with Crippen molar-refractivity contribution in [3.8, 4) is 0 Å². The summed E-state index contributed by atoms with van der Waals surface area (Å²) in [6.45, 7) is 2.90. The number of carbonyl (C=O) groups is 3. The number of carbonyl (C=O) groups excluding carboxylic acids is 3. The van der Waals surface area contributed by atoms with E-state index in [0.29, 0.717) is 17.1 Å². The Labute approximate surface area is 185 Å². The molecule has 0 spiro atoms. The lowest BCUT2D eigenvalue weighted by Gasteiger charge is -2.18. The molecule has 0 aromatic heterocycles. The highest BCUT2D eigenvalue weighted by atomic mass is 32.2. The Morgan fingerprint density at radius 3 is 1.87 bits per heavy atom. The monoisotopic (exact) mass is 433 g/mol. The van der Waals surface area contributed by atoms with Crippen LogP contribution in [0.3, 0.4) is 0 Å². The molecule has 3 N–H and O–H groups in total. The topological polar surface area (TPSA) is 87.3 Å². The molecule has 0 aliphatic rings. The maximum atomic E-state index is 13.2. The molecule has 3 amide bonds. The lowest BCUT2D eigenvalue weighted by Crippen LogP contribution is -2.19. The maximum absolute atomic E-state index is 13.2. The van der Waals surface area contributed by atoms with E-state index in [2.05, 4.69) is 16.0 Å². The standard InChI is InChI=1S/C24H23N3O3S/c1-16(28)25-19-11-13-20(14-12-19)27-24(30)23(18-7-4-3-5-8-18)31-22-10-6-9-21(15-22)26-17(2)29/h3-15,23H,1-2H3,(H,25,28)(H,26,29)(H,27,30). The molecule has 31 heavy (non-hydrogen) atoms. The van der Waals surface area contributed by atoms with Crippen LogP contribution in [0, 0.1) is 0 Å². The second kappa shape index (κ2) is 10.4. The van der Waals surface area contributed by atoms with Gasteiger partial charge in [-0.1, -0.05) is 36.4 Å². The van der Waals surface area contributed by atoms with Crippen molar-refractivity contribution < 1.29 is 14.4 Å². The van der Waals surface area contributed by atoms with Gasteiger partial charge in [0, 0.05) is 35.8 Å². The Morgan fingerprint density at radius 2 is 1.26 bits per heavy atom. The van der Waals surface area contributed by atoms with Gasteiger partial charge < -0.3 is 16.0 Å². The van der Waals surface area contributed by atoms with Crippen molar-refractivity contribution in [1.82, 2.24) is 0 Å². The second-order valence-corrected chi connectivity index (χ2v) is 8.04. The summed E-state index contributed by atoms with van der Waals surface area (Å²) in [7, 11) is 0. The van der Waals surface area contributed by atoms with Crippen LogP contribution in [0.25, 0.3) is 0 Å². The molecule has 6 nitrogen and oxygen atoms in total. The number of amides is 3. The predicted molar refractivity (Wildman–Crippen MR) is 125 cm³/mol. The molecule has 0 radical (unpaired) electrons. The van der Waals surface area contributed by atoms with E-state index >= 15 is 0 Å². The SMILES string of the molecule is CC(=O)Nc1ccc(NC(=O)C(Sc2cccc(NC(C)=O)c2)c2ccccc2)cc1. The fourth-order valence-electron chi connectivity index (χ4n) is 2.94. The van der Waals surface area contributed by atoms with Crippen LogP contribution in [0.4, 0.5) is 17.1 Å². The molecular weight excluding hydrogens is 410 g/mol. The number of hydrogen-bond acceptors (Lipinski definition) is 4. The molecule has 7 heteroatoms. The maximum Gasteiger partial charge on any atom is 0.242 e. The van der Waals surface area contributed by atoms with Gasteiger partial charge in [0.2, 0.25) is 17.7 Å². The summed E-state index contributed by atoms with van der Waals surface area (Å²) < 4.78 is 0. The zero-order valence-electron chi connectivity index (χ0n) is 17.2. The van der Waals surface area contributed by atoms with Gasteiger partial charge in [0.1, 0.15) is 5.25 Å². The Kier molecular flexibility index (Phi) is 7.45. The molecule has 0 aliphatic heterocycles. The van der Waals surface area contributed by atoms with Gasteiger partial charge in [-0.15, -0.1) is 11.8 Å². The van der Waals surface area contributed by atoms with Crippen molar-refractivity contribution in [2.75, 3.05) is 16.0 Å². The smallest absolute Gasteiger partial charge is 0.242 e. The zero-order valence-corrected chi connectivity index (χ0v) is 18.0. The van der Waals surface area contributed by atoms with Crippen molar-refractivity contribution >= 4 is 46.5 Å². The number of thioether (sulfide) groups is 1. The fraction of sp³-hybridized carbons (Fsp3) is 0.125. The van der Waals surface area contributed by atoms with Gasteiger partial charge in [-0.2, -0.15) is 0 Å². The molecule has 0 saturated heterocycles. The number of benzene rings is 3. The summed E-state index contributed by atoms with van der Waals surface area (Å²) in [6, 6.07) is 23.9. The molecule has 0 bridgehead atoms. The van der Waals surface area contributed by atoms with E-state index in [-0.39, 0.29) is 17.7 Å². The summed E-state index contributed by atoms with van der Waals surface area (Å²) in [5.74, 6) is -0.477. The van der Waals surface area contributed by atoms with Crippen LogP contribution < -0.4 is 16.0 Å². The van der Waals surface area contributed by atoms with Gasteiger partial charge in [0.25, 0.3) is 0 Å². The third-order valence-electron chi connectivity index (χ3n) is 4.22. The van der Waals surface area contributed by atoms with Gasteiger partial charge >= 0.3 is 0 Å². The van der Waals surface area contributed by atoms with Gasteiger partial charge in [-0.05, 0) is 48.0 Å². The van der Waals surface area contributed by atoms with Gasteiger partial charge in [-0.25, -0.2) is 0 Å². The van der Waals surface area contributed by atoms with Crippen LogP contribution in [0.5, 0.6) is 0 Å². The fourth-order valence-corrected chi connectivity index (χ4v) is 4.02. The van der Waals surface area contributed by atoms with E-state index in [1.54, 1.807) is 30.3 Å². The Hall–Kier alpha value is -3.58. The van der Waals surface area contributed by atoms with E-state index in [1.165, 1.54) is 25.6 Å². The molecule has 0 saturated carbocycles. The van der Waals surface area contributed by atoms with Crippen molar-refractivity contribution in [1.29, 1.82) is 0 Å². The first-order valence-corrected chi connectivity index (χ1v) is 10.6. The Balaban J connectivity index is 1.80. The van der Waals surface area contributed by atoms with Crippen LogP contribution in [0.15, 0.2) is 83.8 Å². The summed E-state index contributed by atoms with van der Waals surface area (Å²) in [5, 5.41) is 7.91. The van der Waals surface area contributed by atoms with Crippen LogP contribution >= 0.6 is 11.8 Å². The van der Waals surface area contributed by atoms with E-state index in [0.717, 1.165) is 10.5 Å². The van der Waals surface area contributed by atoms with Crippen molar-refractivity contribution in [3.63, 3.8) is 0 Å². The van der Waals surface area contributed by atoms with Crippen LogP contribution in [-0.2, 0) is 14.4 Å². The van der Waals surface area contributed by atoms with Crippen LogP contribution in [0.1, 0.15) is 24.7 Å². The number of nitrogens with one attached hydrogen (secondary N) is 3. The molecule has 3 aromatic rings. The highest BCUT2D eigenvalue weighted by molar-refractivity contribution is 8.00. The van der Waals surface area contributed by atoms with E-state index in [9.17, 15) is 14.4 Å². The molecule has 3 aromatic carbocycles. The Bertz CT molecular complexity index is 1070. The number of anilines is 3. The summed E-state index contributed by atoms with van der Waals surface area (Å²) in [5.41, 5.74) is 2.84. The minimum atomic E-state index is -0.496. The first kappa shape index (κ1) is 22.1. The lowest BCUT2D eigenvalue weighted by molar-refractivity contribution is -0.116. The Morgan fingerprint density at radius 1 is 0.677 bits per heavy atom. The van der Waals surface area contributed by atoms with Crippen LogP contribution in [0.2, 0.25) is 0 Å². The quantitative estimate of drug-likeness (QED) is 0.454. The highest BCUT2D eigenvalue weighted by Gasteiger charge is 2.22. The molecule has 1 atom stereocenters. The third kappa shape index (κ3) is 6.72. The van der Waals surface area contributed by atoms with Crippen molar-refractivity contribution in [3.05, 3.63) is 84.4 Å². The van der Waals surface area contributed by atoms with Crippen LogP contribution in [-0.4, -0.2) is 17.7 Å². The summed E-state index contributed by atoms with van der Waals surface area (Å²) in [6.07, 6.45) is 0. The van der Waals surface area contributed by atoms with E-state index in [1.807, 2.05) is 48.5 Å².